The maximum atomic E-state index is 12.4. The summed E-state index contributed by atoms with van der Waals surface area (Å²) in [6, 6.07) is 4.55. The zero-order valence-electron chi connectivity index (χ0n) is 14.8. The average molecular weight is 406 g/mol. The van der Waals surface area contributed by atoms with Crippen LogP contribution in [0.3, 0.4) is 0 Å². The summed E-state index contributed by atoms with van der Waals surface area (Å²) in [7, 11) is -5.64. The van der Waals surface area contributed by atoms with E-state index < -0.39 is 15.6 Å². The van der Waals surface area contributed by atoms with Gasteiger partial charge in [0.1, 0.15) is 5.75 Å². The van der Waals surface area contributed by atoms with Crippen molar-refractivity contribution in [3.05, 3.63) is 50.7 Å². The second-order valence-electron chi connectivity index (χ2n) is 6.11. The molecule has 8 heteroatoms. The molecule has 0 radical (unpaired) electrons. The third-order valence-corrected chi connectivity index (χ3v) is 6.31. The van der Waals surface area contributed by atoms with Gasteiger partial charge in [0.05, 0.1) is 0 Å². The summed E-state index contributed by atoms with van der Waals surface area (Å²) in [5.74, 6) is -0.298. The Labute approximate surface area is 155 Å². The van der Waals surface area contributed by atoms with Crippen LogP contribution >= 0.6 is 11.3 Å². The standard InChI is InChI=1S/C18H21F3O3S2/c1-4-15-13(3)11-25-17(15)7-5-6-14-8-9-16(12(2)10-14)24-26(22,23)18(19,20)21/h8-11H,4-7H2,1-3H3. The lowest BCUT2D eigenvalue weighted by atomic mass is 10.0. The van der Waals surface area contributed by atoms with Crippen LogP contribution in [0.15, 0.2) is 23.6 Å². The summed E-state index contributed by atoms with van der Waals surface area (Å²) in [6.45, 7) is 5.77. The number of rotatable bonds is 7. The molecule has 3 nitrogen and oxygen atoms in total. The molecular formula is C18H21F3O3S2. The number of halogens is 3. The van der Waals surface area contributed by atoms with Crippen molar-refractivity contribution in [1.82, 2.24) is 0 Å². The van der Waals surface area contributed by atoms with E-state index in [1.54, 1.807) is 23.5 Å². The molecule has 0 aliphatic rings. The Morgan fingerprint density at radius 3 is 2.38 bits per heavy atom. The molecule has 2 aromatic rings. The minimum Gasteiger partial charge on any atom is -0.376 e. The highest BCUT2D eigenvalue weighted by atomic mass is 32.2. The van der Waals surface area contributed by atoms with Gasteiger partial charge in [-0.15, -0.1) is 11.3 Å². The molecule has 0 bridgehead atoms. The van der Waals surface area contributed by atoms with Gasteiger partial charge in [-0.05, 0) is 73.2 Å². The van der Waals surface area contributed by atoms with Crippen molar-refractivity contribution in [3.8, 4) is 5.75 Å². The van der Waals surface area contributed by atoms with Crippen molar-refractivity contribution < 1.29 is 25.8 Å². The fourth-order valence-corrected chi connectivity index (χ4v) is 4.48. The smallest absolute Gasteiger partial charge is 0.376 e. The van der Waals surface area contributed by atoms with Crippen LogP contribution in [0.1, 0.15) is 40.5 Å². The van der Waals surface area contributed by atoms with E-state index in [0.29, 0.717) is 5.56 Å². The first kappa shape index (κ1) is 20.8. The molecule has 1 aromatic carbocycles. The highest BCUT2D eigenvalue weighted by Crippen LogP contribution is 2.30. The third kappa shape index (κ3) is 4.79. The zero-order chi connectivity index (χ0) is 19.5. The largest absolute Gasteiger partial charge is 0.534 e. The molecule has 0 fully saturated rings. The summed E-state index contributed by atoms with van der Waals surface area (Å²) >= 11 is 1.76. The fourth-order valence-electron chi connectivity index (χ4n) is 2.79. The molecule has 2 rings (SSSR count). The second kappa shape index (κ2) is 8.00. The van der Waals surface area contributed by atoms with Gasteiger partial charge in [0.2, 0.25) is 0 Å². The Hall–Kier alpha value is -1.54. The molecule has 26 heavy (non-hydrogen) atoms. The number of benzene rings is 1. The van der Waals surface area contributed by atoms with Gasteiger partial charge < -0.3 is 4.18 Å². The van der Waals surface area contributed by atoms with Crippen molar-refractivity contribution in [2.24, 2.45) is 0 Å². The molecule has 0 saturated carbocycles. The van der Waals surface area contributed by atoms with Crippen LogP contribution in [-0.4, -0.2) is 13.9 Å². The maximum Gasteiger partial charge on any atom is 0.534 e. The number of aryl methyl sites for hydroxylation is 4. The quantitative estimate of drug-likeness (QED) is 0.461. The number of hydrogen-bond donors (Lipinski definition) is 0. The maximum absolute atomic E-state index is 12.4. The van der Waals surface area contributed by atoms with Crippen molar-refractivity contribution >= 4 is 21.5 Å². The molecule has 0 N–H and O–H groups in total. The van der Waals surface area contributed by atoms with Crippen LogP contribution in [0.5, 0.6) is 5.75 Å². The molecular weight excluding hydrogens is 385 g/mol. The summed E-state index contributed by atoms with van der Waals surface area (Å²) in [6.07, 6.45) is 3.62. The van der Waals surface area contributed by atoms with Crippen LogP contribution in [0.25, 0.3) is 0 Å². The van der Waals surface area contributed by atoms with E-state index in [1.807, 2.05) is 0 Å². The van der Waals surface area contributed by atoms with Crippen LogP contribution in [-0.2, 0) is 29.4 Å². The summed E-state index contributed by atoms with van der Waals surface area (Å²) < 4.78 is 63.6. The molecule has 0 amide bonds. The topological polar surface area (TPSA) is 43.4 Å². The fraction of sp³-hybridized carbons (Fsp3) is 0.444. The van der Waals surface area contributed by atoms with E-state index in [1.165, 1.54) is 29.0 Å². The highest BCUT2D eigenvalue weighted by Gasteiger charge is 2.48. The number of hydrogen-bond acceptors (Lipinski definition) is 4. The van der Waals surface area contributed by atoms with Crippen molar-refractivity contribution in [3.63, 3.8) is 0 Å². The van der Waals surface area contributed by atoms with Gasteiger partial charge in [-0.1, -0.05) is 19.1 Å². The lowest BCUT2D eigenvalue weighted by Gasteiger charge is -2.12. The molecule has 1 heterocycles. The van der Waals surface area contributed by atoms with Crippen molar-refractivity contribution in [2.45, 2.75) is 52.0 Å². The van der Waals surface area contributed by atoms with Crippen LogP contribution < -0.4 is 4.18 Å². The normalized spacial score (nSPS) is 12.4. The van der Waals surface area contributed by atoms with Crippen LogP contribution in [0.4, 0.5) is 13.2 Å². The summed E-state index contributed by atoms with van der Waals surface area (Å²) in [5.41, 5.74) is -1.43. The van der Waals surface area contributed by atoms with Crippen LogP contribution in [0, 0.1) is 13.8 Å². The van der Waals surface area contributed by atoms with Gasteiger partial charge >= 0.3 is 15.6 Å². The molecule has 0 aliphatic heterocycles. The van der Waals surface area contributed by atoms with Gasteiger partial charge in [-0.3, -0.25) is 0 Å². The number of alkyl halides is 3. The lowest BCUT2D eigenvalue weighted by Crippen LogP contribution is -2.28. The van der Waals surface area contributed by atoms with Crippen molar-refractivity contribution in [2.75, 3.05) is 0 Å². The van der Waals surface area contributed by atoms with E-state index in [0.717, 1.165) is 31.2 Å². The molecule has 0 aliphatic carbocycles. The zero-order valence-corrected chi connectivity index (χ0v) is 16.4. The Morgan fingerprint density at radius 2 is 1.81 bits per heavy atom. The second-order valence-corrected chi connectivity index (χ2v) is 8.61. The molecule has 0 unspecified atom stereocenters. The molecule has 1 aromatic heterocycles. The highest BCUT2D eigenvalue weighted by molar-refractivity contribution is 7.88. The third-order valence-electron chi connectivity index (χ3n) is 4.14. The Kier molecular flexibility index (Phi) is 6.39. The molecule has 0 saturated heterocycles. The monoisotopic (exact) mass is 406 g/mol. The lowest BCUT2D eigenvalue weighted by molar-refractivity contribution is -0.0500. The first-order valence-electron chi connectivity index (χ1n) is 8.21. The van der Waals surface area contributed by atoms with Gasteiger partial charge in [-0.25, -0.2) is 0 Å². The van der Waals surface area contributed by atoms with Crippen molar-refractivity contribution in [1.29, 1.82) is 0 Å². The van der Waals surface area contributed by atoms with E-state index in [-0.39, 0.29) is 5.75 Å². The predicted molar refractivity (Wildman–Crippen MR) is 97.2 cm³/mol. The van der Waals surface area contributed by atoms with E-state index >= 15 is 0 Å². The molecule has 144 valence electrons. The summed E-state index contributed by atoms with van der Waals surface area (Å²) in [5, 5.41) is 2.16. The first-order valence-corrected chi connectivity index (χ1v) is 10.5. The Balaban J connectivity index is 2.01. The van der Waals surface area contributed by atoms with Crippen LogP contribution in [0.2, 0.25) is 0 Å². The van der Waals surface area contributed by atoms with E-state index in [4.69, 9.17) is 0 Å². The first-order chi connectivity index (χ1) is 12.0. The van der Waals surface area contributed by atoms with Gasteiger partial charge in [0, 0.05) is 4.88 Å². The van der Waals surface area contributed by atoms with Gasteiger partial charge in [-0.2, -0.15) is 21.6 Å². The van der Waals surface area contributed by atoms with E-state index in [2.05, 4.69) is 23.4 Å². The molecule has 0 atom stereocenters. The van der Waals surface area contributed by atoms with Gasteiger partial charge in [0.25, 0.3) is 0 Å². The molecule has 0 spiro atoms. The Morgan fingerprint density at radius 1 is 1.12 bits per heavy atom. The number of thiophene rings is 1. The minimum atomic E-state index is -5.64. The predicted octanol–water partition coefficient (Wildman–Crippen LogP) is 5.33. The Bertz CT molecular complexity index is 868. The van der Waals surface area contributed by atoms with E-state index in [9.17, 15) is 21.6 Å². The average Bonchev–Trinajstić information content (AvgIpc) is 2.88. The summed E-state index contributed by atoms with van der Waals surface area (Å²) in [4.78, 5) is 1.37. The minimum absolute atomic E-state index is 0.298. The van der Waals surface area contributed by atoms with Gasteiger partial charge in [0.15, 0.2) is 0 Å². The SMILES string of the molecule is CCc1c(C)csc1CCCc1ccc(OS(=O)(=O)C(F)(F)F)c(C)c1.